The van der Waals surface area contributed by atoms with Crippen LogP contribution < -0.4 is 20.3 Å². The van der Waals surface area contributed by atoms with E-state index in [9.17, 15) is 36.6 Å². The van der Waals surface area contributed by atoms with Crippen molar-refractivity contribution in [3.05, 3.63) is 41.6 Å². The number of hydrogen-bond acceptors (Lipinski definition) is 5. The third-order valence-electron chi connectivity index (χ3n) is 6.67. The molecule has 8 nitrogen and oxygen atoms in total. The molecule has 2 heterocycles. The van der Waals surface area contributed by atoms with Crippen molar-refractivity contribution in [2.45, 2.75) is 50.9 Å². The molecular weight excluding hydrogens is 515 g/mol. The average molecular weight is 543 g/mol. The van der Waals surface area contributed by atoms with Crippen LogP contribution in [0.15, 0.2) is 24.4 Å². The van der Waals surface area contributed by atoms with Gasteiger partial charge in [-0.3, -0.25) is 4.79 Å². The summed E-state index contributed by atoms with van der Waals surface area (Å²) in [5.41, 5.74) is -1.37. The highest BCUT2D eigenvalue weighted by Crippen LogP contribution is 2.43. The monoisotopic (exact) mass is 542 g/mol. The number of hydrogen-bond donors (Lipinski definition) is 3. The normalized spacial score (nSPS) is 20.2. The zero-order valence-corrected chi connectivity index (χ0v) is 20.7. The summed E-state index contributed by atoms with van der Waals surface area (Å²) in [6, 6.07) is 2.22. The van der Waals surface area contributed by atoms with Gasteiger partial charge in [0.2, 0.25) is 5.88 Å². The molecular formula is C25H27F5N4O4. The van der Waals surface area contributed by atoms with Crippen molar-refractivity contribution in [1.82, 2.24) is 15.6 Å². The molecule has 4 rings (SSSR count). The highest BCUT2D eigenvalue weighted by molar-refractivity contribution is 6.04. The van der Waals surface area contributed by atoms with E-state index in [4.69, 9.17) is 4.74 Å². The summed E-state index contributed by atoms with van der Waals surface area (Å²) >= 11 is 0. The molecule has 0 spiro atoms. The number of carbonyl (C=O) groups is 2. The standard InChI is InChI=1S/C25H27F5N4O4/c1-13(14-3-4-14)32-21(35)18-10-31-22(38-12-25(28,29)30)19(15-7-16(26)9-17(27)8-15)20(18)34-6-5-24(2,11-34)33-23(36)37/h7-10,13-14,33H,3-6,11-12H2,1-2H3,(H,32,35)(H,36,37)/t13-,24-/m0/s1. The van der Waals surface area contributed by atoms with E-state index in [1.165, 1.54) is 0 Å². The molecule has 38 heavy (non-hydrogen) atoms. The van der Waals surface area contributed by atoms with Crippen LogP contribution >= 0.6 is 0 Å². The SMILES string of the molecule is C[C@H](NC(=O)c1cnc(OCC(F)(F)F)c(-c2cc(F)cc(F)c2)c1N1CC[C@](C)(NC(=O)O)C1)C1CC1. The van der Waals surface area contributed by atoms with E-state index in [1.807, 2.05) is 6.92 Å². The van der Waals surface area contributed by atoms with Crippen LogP contribution in [0.3, 0.4) is 0 Å². The Morgan fingerprint density at radius 1 is 1.24 bits per heavy atom. The first kappa shape index (κ1) is 27.4. The van der Waals surface area contributed by atoms with Crippen molar-refractivity contribution in [1.29, 1.82) is 0 Å². The van der Waals surface area contributed by atoms with Crippen LogP contribution in [0, 0.1) is 17.6 Å². The van der Waals surface area contributed by atoms with E-state index in [0.29, 0.717) is 6.07 Å². The molecule has 1 aliphatic heterocycles. The number of anilines is 1. The third kappa shape index (κ3) is 6.43. The number of amides is 2. The van der Waals surface area contributed by atoms with Crippen LogP contribution in [-0.4, -0.2) is 59.5 Å². The quantitative estimate of drug-likeness (QED) is 0.417. The summed E-state index contributed by atoms with van der Waals surface area (Å²) in [5, 5.41) is 14.6. The number of ether oxygens (including phenoxy) is 1. The Kier molecular flexibility index (Phi) is 7.39. The summed E-state index contributed by atoms with van der Waals surface area (Å²) in [6.07, 6.45) is -2.78. The summed E-state index contributed by atoms with van der Waals surface area (Å²) < 4.78 is 72.7. The lowest BCUT2D eigenvalue weighted by Crippen LogP contribution is -2.47. The molecule has 0 bridgehead atoms. The van der Waals surface area contributed by atoms with E-state index in [1.54, 1.807) is 11.8 Å². The molecule has 1 saturated carbocycles. The number of benzene rings is 1. The van der Waals surface area contributed by atoms with E-state index in [2.05, 4.69) is 15.6 Å². The number of carboxylic acid groups (broad SMARTS) is 1. The molecule has 206 valence electrons. The van der Waals surface area contributed by atoms with E-state index in [-0.39, 0.29) is 53.8 Å². The number of pyridine rings is 1. The van der Waals surface area contributed by atoms with Crippen molar-refractivity contribution >= 4 is 17.7 Å². The minimum Gasteiger partial charge on any atom is -0.468 e. The van der Waals surface area contributed by atoms with Crippen LogP contribution in [-0.2, 0) is 0 Å². The lowest BCUT2D eigenvalue weighted by molar-refractivity contribution is -0.154. The molecule has 13 heteroatoms. The first-order valence-corrected chi connectivity index (χ1v) is 12.0. The molecule has 2 aromatic rings. The maximum Gasteiger partial charge on any atom is 0.422 e. The van der Waals surface area contributed by atoms with Gasteiger partial charge in [-0.25, -0.2) is 18.6 Å². The zero-order chi connectivity index (χ0) is 27.8. The number of aromatic nitrogens is 1. The van der Waals surface area contributed by atoms with Gasteiger partial charge in [-0.15, -0.1) is 0 Å². The first-order valence-electron chi connectivity index (χ1n) is 12.0. The molecule has 1 aliphatic carbocycles. The molecule has 2 aliphatic rings. The Labute approximate surface area is 215 Å². The smallest absolute Gasteiger partial charge is 0.422 e. The second-order valence-electron chi connectivity index (χ2n) is 10.0. The summed E-state index contributed by atoms with van der Waals surface area (Å²) in [4.78, 5) is 30.3. The Bertz CT molecular complexity index is 1220. The van der Waals surface area contributed by atoms with Gasteiger partial charge in [-0.05, 0) is 56.7 Å². The van der Waals surface area contributed by atoms with Crippen LogP contribution in [0.5, 0.6) is 5.88 Å². The fraction of sp³-hybridized carbons (Fsp3) is 0.480. The zero-order valence-electron chi connectivity index (χ0n) is 20.7. The molecule has 1 aromatic carbocycles. The van der Waals surface area contributed by atoms with Crippen molar-refractivity contribution < 1.29 is 41.4 Å². The molecule has 0 unspecified atom stereocenters. The van der Waals surface area contributed by atoms with Gasteiger partial charge in [-0.1, -0.05) is 0 Å². The summed E-state index contributed by atoms with van der Waals surface area (Å²) in [6.45, 7) is 1.94. The predicted octanol–water partition coefficient (Wildman–Crippen LogP) is 4.73. The molecule has 0 radical (unpaired) electrons. The number of alkyl halides is 3. The molecule has 2 atom stereocenters. The number of nitrogens with zero attached hydrogens (tertiary/aromatic N) is 2. The van der Waals surface area contributed by atoms with Gasteiger partial charge in [0.15, 0.2) is 6.61 Å². The van der Waals surface area contributed by atoms with Crippen molar-refractivity contribution in [2.24, 2.45) is 5.92 Å². The van der Waals surface area contributed by atoms with E-state index in [0.717, 1.165) is 31.2 Å². The minimum atomic E-state index is -4.74. The van der Waals surface area contributed by atoms with Crippen LogP contribution in [0.2, 0.25) is 0 Å². The lowest BCUT2D eigenvalue weighted by atomic mass is 9.99. The number of rotatable bonds is 8. The van der Waals surface area contributed by atoms with Crippen molar-refractivity contribution in [3.8, 4) is 17.0 Å². The van der Waals surface area contributed by atoms with E-state index >= 15 is 0 Å². The Balaban J connectivity index is 1.88. The number of halogens is 5. The van der Waals surface area contributed by atoms with Gasteiger partial charge in [0.05, 0.1) is 22.4 Å². The fourth-order valence-corrected chi connectivity index (χ4v) is 4.71. The molecule has 2 amide bonds. The average Bonchev–Trinajstić information content (AvgIpc) is 3.58. The van der Waals surface area contributed by atoms with Gasteiger partial charge in [-0.2, -0.15) is 13.2 Å². The lowest BCUT2D eigenvalue weighted by Gasteiger charge is -2.29. The second-order valence-corrected chi connectivity index (χ2v) is 10.0. The molecule has 2 fully saturated rings. The summed E-state index contributed by atoms with van der Waals surface area (Å²) in [5.74, 6) is -2.86. The van der Waals surface area contributed by atoms with Crippen molar-refractivity contribution in [3.63, 3.8) is 0 Å². The van der Waals surface area contributed by atoms with Crippen LogP contribution in [0.1, 0.15) is 43.5 Å². The largest absolute Gasteiger partial charge is 0.468 e. The maximum absolute atomic E-state index is 14.3. The van der Waals surface area contributed by atoms with Gasteiger partial charge in [0.25, 0.3) is 5.91 Å². The molecule has 1 saturated heterocycles. The van der Waals surface area contributed by atoms with Gasteiger partial charge >= 0.3 is 12.3 Å². The third-order valence-corrected chi connectivity index (χ3v) is 6.67. The second kappa shape index (κ2) is 10.3. The Hall–Kier alpha value is -3.64. The highest BCUT2D eigenvalue weighted by atomic mass is 19.4. The Morgan fingerprint density at radius 2 is 1.89 bits per heavy atom. The number of carbonyl (C=O) groups excluding carboxylic acids is 1. The first-order chi connectivity index (χ1) is 17.7. The van der Waals surface area contributed by atoms with Gasteiger partial charge < -0.3 is 25.4 Å². The Morgan fingerprint density at radius 3 is 2.47 bits per heavy atom. The van der Waals surface area contributed by atoms with Gasteiger partial charge in [0, 0.05) is 31.4 Å². The number of nitrogens with one attached hydrogen (secondary N) is 2. The topological polar surface area (TPSA) is 104 Å². The van der Waals surface area contributed by atoms with Crippen molar-refractivity contribution in [2.75, 3.05) is 24.6 Å². The predicted molar refractivity (Wildman–Crippen MR) is 127 cm³/mol. The molecule has 1 aromatic heterocycles. The van der Waals surface area contributed by atoms with Crippen LogP contribution in [0.4, 0.5) is 32.4 Å². The van der Waals surface area contributed by atoms with E-state index < -0.39 is 47.8 Å². The highest BCUT2D eigenvalue weighted by Gasteiger charge is 2.39. The molecule has 3 N–H and O–H groups in total. The maximum atomic E-state index is 14.3. The van der Waals surface area contributed by atoms with Gasteiger partial charge in [0.1, 0.15) is 11.6 Å². The minimum absolute atomic E-state index is 0.0191. The van der Waals surface area contributed by atoms with Crippen LogP contribution in [0.25, 0.3) is 11.1 Å². The summed E-state index contributed by atoms with van der Waals surface area (Å²) in [7, 11) is 0. The fourth-order valence-electron chi connectivity index (χ4n) is 4.71.